The summed E-state index contributed by atoms with van der Waals surface area (Å²) in [6.07, 6.45) is 10.8. The molecule has 0 spiro atoms. The molecule has 3 rings (SSSR count). The molecule has 2 heterocycles. The van der Waals surface area contributed by atoms with Crippen LogP contribution in [0.1, 0.15) is 44.9 Å². The molecule has 5 nitrogen and oxygen atoms in total. The average Bonchev–Trinajstić information content (AvgIpc) is 3.30. The Morgan fingerprint density at radius 3 is 2.88 bits per heavy atom. The zero-order valence-corrected chi connectivity index (χ0v) is 17.9. The van der Waals surface area contributed by atoms with Crippen LogP contribution in [-0.4, -0.2) is 43.7 Å². The van der Waals surface area contributed by atoms with Gasteiger partial charge in [-0.3, -0.25) is 4.99 Å². The lowest BCUT2D eigenvalue weighted by atomic mass is 10.0. The molecule has 2 fully saturated rings. The number of hydrogen-bond donors (Lipinski definition) is 2. The molecule has 0 radical (unpaired) electrons. The molecular formula is C19H31FIN5. The second kappa shape index (κ2) is 10.9. The van der Waals surface area contributed by atoms with E-state index in [4.69, 9.17) is 0 Å². The topological polar surface area (TPSA) is 52.6 Å². The third-order valence-electron chi connectivity index (χ3n) is 5.35. The molecule has 0 amide bonds. The van der Waals surface area contributed by atoms with E-state index in [1.165, 1.54) is 44.6 Å². The molecule has 1 aliphatic heterocycles. The van der Waals surface area contributed by atoms with Gasteiger partial charge in [0.2, 0.25) is 0 Å². The molecule has 1 aromatic rings. The molecule has 26 heavy (non-hydrogen) atoms. The molecule has 1 aromatic heterocycles. The van der Waals surface area contributed by atoms with E-state index in [1.807, 2.05) is 4.90 Å². The highest BCUT2D eigenvalue weighted by molar-refractivity contribution is 14.0. The van der Waals surface area contributed by atoms with Gasteiger partial charge in [0.1, 0.15) is 0 Å². The monoisotopic (exact) mass is 475 g/mol. The molecule has 0 bridgehead atoms. The first-order chi connectivity index (χ1) is 12.3. The zero-order valence-electron chi connectivity index (χ0n) is 15.6. The Hall–Kier alpha value is -1.12. The second-order valence-electron chi connectivity index (χ2n) is 7.18. The van der Waals surface area contributed by atoms with E-state index in [0.29, 0.717) is 5.82 Å². The van der Waals surface area contributed by atoms with Gasteiger partial charge in [-0.2, -0.15) is 0 Å². The lowest BCUT2D eigenvalue weighted by Crippen LogP contribution is -2.45. The van der Waals surface area contributed by atoms with E-state index >= 15 is 0 Å². The SMILES string of the molecule is CN=C(NCCCC1CCCC1)NC1CCN(c2ncccc2F)C1.I. The number of pyridine rings is 1. The third kappa shape index (κ3) is 5.96. The second-order valence-corrected chi connectivity index (χ2v) is 7.18. The molecule has 146 valence electrons. The van der Waals surface area contributed by atoms with Crippen molar-refractivity contribution in [3.05, 3.63) is 24.1 Å². The summed E-state index contributed by atoms with van der Waals surface area (Å²) in [5, 5.41) is 6.88. The van der Waals surface area contributed by atoms with Crippen molar-refractivity contribution in [1.82, 2.24) is 15.6 Å². The Bertz CT molecular complexity index is 577. The van der Waals surface area contributed by atoms with Crippen molar-refractivity contribution in [3.63, 3.8) is 0 Å². The van der Waals surface area contributed by atoms with E-state index < -0.39 is 0 Å². The van der Waals surface area contributed by atoms with Gasteiger partial charge >= 0.3 is 0 Å². The predicted molar refractivity (Wildman–Crippen MR) is 116 cm³/mol. The first-order valence-electron chi connectivity index (χ1n) is 9.59. The standard InChI is InChI=1S/C19H30FN5.HI/c1-21-19(23-12-4-8-15-6-2-3-7-15)24-16-10-13-25(14-16)18-17(20)9-5-11-22-18;/h5,9,11,15-16H,2-4,6-8,10,12-14H2,1H3,(H2,21,23,24);1H. The van der Waals surface area contributed by atoms with Gasteiger partial charge in [-0.05, 0) is 37.3 Å². The minimum Gasteiger partial charge on any atom is -0.356 e. The molecule has 0 aromatic carbocycles. The number of nitrogens with one attached hydrogen (secondary N) is 2. The fourth-order valence-corrected chi connectivity index (χ4v) is 3.97. The van der Waals surface area contributed by atoms with Crippen molar-refractivity contribution in [2.24, 2.45) is 10.9 Å². The largest absolute Gasteiger partial charge is 0.356 e. The number of guanidine groups is 1. The fraction of sp³-hybridized carbons (Fsp3) is 0.684. The van der Waals surface area contributed by atoms with E-state index in [0.717, 1.165) is 37.9 Å². The number of hydrogen-bond acceptors (Lipinski definition) is 3. The molecule has 1 saturated carbocycles. The summed E-state index contributed by atoms with van der Waals surface area (Å²) in [5.41, 5.74) is 0. The quantitative estimate of drug-likeness (QED) is 0.286. The van der Waals surface area contributed by atoms with Gasteiger partial charge in [0.25, 0.3) is 0 Å². The maximum atomic E-state index is 13.9. The van der Waals surface area contributed by atoms with Gasteiger partial charge in [0, 0.05) is 38.9 Å². The van der Waals surface area contributed by atoms with Crippen LogP contribution in [0.2, 0.25) is 0 Å². The normalized spacial score (nSPS) is 20.9. The van der Waals surface area contributed by atoms with E-state index in [1.54, 1.807) is 19.3 Å². The van der Waals surface area contributed by atoms with Crippen LogP contribution in [-0.2, 0) is 0 Å². The van der Waals surface area contributed by atoms with Crippen molar-refractivity contribution in [2.75, 3.05) is 31.6 Å². The van der Waals surface area contributed by atoms with Crippen molar-refractivity contribution in [3.8, 4) is 0 Å². The van der Waals surface area contributed by atoms with Crippen molar-refractivity contribution < 1.29 is 4.39 Å². The minimum absolute atomic E-state index is 0. The van der Waals surface area contributed by atoms with Gasteiger partial charge in [-0.15, -0.1) is 24.0 Å². The van der Waals surface area contributed by atoms with Crippen molar-refractivity contribution >= 4 is 35.8 Å². The van der Waals surface area contributed by atoms with Gasteiger partial charge < -0.3 is 15.5 Å². The number of nitrogens with zero attached hydrogens (tertiary/aromatic N) is 3. The van der Waals surface area contributed by atoms with E-state index in [-0.39, 0.29) is 35.8 Å². The van der Waals surface area contributed by atoms with Crippen LogP contribution in [0.4, 0.5) is 10.2 Å². The van der Waals surface area contributed by atoms with Crippen LogP contribution >= 0.6 is 24.0 Å². The maximum Gasteiger partial charge on any atom is 0.191 e. The van der Waals surface area contributed by atoms with Crippen LogP contribution in [0.5, 0.6) is 0 Å². The highest BCUT2D eigenvalue weighted by Gasteiger charge is 2.25. The van der Waals surface area contributed by atoms with Crippen LogP contribution in [0, 0.1) is 11.7 Å². The zero-order chi connectivity index (χ0) is 17.5. The summed E-state index contributed by atoms with van der Waals surface area (Å²) in [6.45, 7) is 2.52. The number of aliphatic imine (C=N–C) groups is 1. The summed E-state index contributed by atoms with van der Waals surface area (Å²) in [7, 11) is 1.80. The highest BCUT2D eigenvalue weighted by atomic mass is 127. The van der Waals surface area contributed by atoms with Crippen LogP contribution in [0.3, 0.4) is 0 Å². The summed E-state index contributed by atoms with van der Waals surface area (Å²) in [4.78, 5) is 10.5. The molecule has 2 N–H and O–H groups in total. The third-order valence-corrected chi connectivity index (χ3v) is 5.35. The minimum atomic E-state index is -0.252. The van der Waals surface area contributed by atoms with Gasteiger partial charge in [-0.1, -0.05) is 25.7 Å². The Morgan fingerprint density at radius 2 is 2.15 bits per heavy atom. The maximum absolute atomic E-state index is 13.9. The Labute approximate surface area is 173 Å². The summed E-state index contributed by atoms with van der Waals surface area (Å²) in [5.74, 6) is 1.98. The van der Waals surface area contributed by atoms with Gasteiger partial charge in [0.15, 0.2) is 17.6 Å². The summed E-state index contributed by atoms with van der Waals surface area (Å²) >= 11 is 0. The summed E-state index contributed by atoms with van der Waals surface area (Å²) in [6, 6.07) is 3.36. The molecule has 1 saturated heterocycles. The molecular weight excluding hydrogens is 444 g/mol. The van der Waals surface area contributed by atoms with Gasteiger partial charge in [-0.25, -0.2) is 9.37 Å². The first kappa shape index (κ1) is 21.2. The van der Waals surface area contributed by atoms with Crippen LogP contribution in [0.15, 0.2) is 23.3 Å². The number of rotatable bonds is 6. The smallest absolute Gasteiger partial charge is 0.191 e. The molecule has 7 heteroatoms. The lowest BCUT2D eigenvalue weighted by Gasteiger charge is -2.20. The fourth-order valence-electron chi connectivity index (χ4n) is 3.97. The molecule has 1 aliphatic carbocycles. The highest BCUT2D eigenvalue weighted by Crippen LogP contribution is 2.28. The Balaban J connectivity index is 0.00000243. The number of anilines is 1. The lowest BCUT2D eigenvalue weighted by molar-refractivity contribution is 0.480. The van der Waals surface area contributed by atoms with E-state index in [2.05, 4.69) is 20.6 Å². The van der Waals surface area contributed by atoms with E-state index in [9.17, 15) is 4.39 Å². The first-order valence-corrected chi connectivity index (χ1v) is 9.59. The van der Waals surface area contributed by atoms with Crippen molar-refractivity contribution in [1.29, 1.82) is 0 Å². The van der Waals surface area contributed by atoms with Crippen LogP contribution in [0.25, 0.3) is 0 Å². The average molecular weight is 475 g/mol. The molecule has 2 aliphatic rings. The van der Waals surface area contributed by atoms with Crippen LogP contribution < -0.4 is 15.5 Å². The number of aromatic nitrogens is 1. The van der Waals surface area contributed by atoms with Gasteiger partial charge in [0.05, 0.1) is 0 Å². The summed E-state index contributed by atoms with van der Waals surface area (Å²) < 4.78 is 13.9. The Kier molecular flexibility index (Phi) is 8.87. The van der Waals surface area contributed by atoms with Crippen molar-refractivity contribution in [2.45, 2.75) is 51.0 Å². The predicted octanol–water partition coefficient (Wildman–Crippen LogP) is 3.55. The Morgan fingerprint density at radius 1 is 1.35 bits per heavy atom. The molecule has 1 unspecified atom stereocenters. The molecule has 1 atom stereocenters. The number of halogens is 2.